The molecule has 0 atom stereocenters. The topological polar surface area (TPSA) is 29.0 Å². The molecule has 2 heterocycles. The predicted octanol–water partition coefficient (Wildman–Crippen LogP) is 3.57. The highest BCUT2D eigenvalue weighted by Gasteiger charge is 2.12. The van der Waals surface area contributed by atoms with Gasteiger partial charge in [0.2, 0.25) is 4.73 Å². The summed E-state index contributed by atoms with van der Waals surface area (Å²) in [5, 5.41) is 0.963. The fraction of sp³-hybridized carbons (Fsp3) is 0.333. The molecule has 1 saturated heterocycles. The van der Waals surface area contributed by atoms with Gasteiger partial charge in [-0.2, -0.15) is 4.37 Å². The van der Waals surface area contributed by atoms with Crippen LogP contribution in [0.15, 0.2) is 29.0 Å². The van der Waals surface area contributed by atoms with E-state index in [1.165, 1.54) is 43.2 Å². The van der Waals surface area contributed by atoms with Gasteiger partial charge in [0, 0.05) is 24.3 Å². The highest BCUT2D eigenvalue weighted by atomic mass is 79.9. The van der Waals surface area contributed by atoms with E-state index in [2.05, 4.69) is 54.5 Å². The summed E-state index contributed by atoms with van der Waals surface area (Å²) >= 11 is 4.70. The first-order valence-corrected chi connectivity index (χ1v) is 7.24. The van der Waals surface area contributed by atoms with Gasteiger partial charge < -0.3 is 4.90 Å². The van der Waals surface area contributed by atoms with E-state index >= 15 is 0 Å². The summed E-state index contributed by atoms with van der Waals surface area (Å²) in [5.74, 6) is 0. The SMILES string of the molecule is Brc1nsc(-c2ccc(N3CCCC3)cc2)n1. The Kier molecular flexibility index (Phi) is 3.11. The molecule has 88 valence electrons. The number of anilines is 1. The maximum absolute atomic E-state index is 4.32. The van der Waals surface area contributed by atoms with Gasteiger partial charge in [0.25, 0.3) is 0 Å². The molecule has 3 rings (SSSR count). The lowest BCUT2D eigenvalue weighted by Crippen LogP contribution is -2.17. The molecule has 0 saturated carbocycles. The molecule has 1 aliphatic heterocycles. The number of hydrogen-bond donors (Lipinski definition) is 0. The summed E-state index contributed by atoms with van der Waals surface area (Å²) in [6.45, 7) is 2.37. The Morgan fingerprint density at radius 2 is 1.82 bits per heavy atom. The maximum Gasteiger partial charge on any atom is 0.209 e. The molecule has 17 heavy (non-hydrogen) atoms. The molecule has 1 aromatic heterocycles. The summed E-state index contributed by atoms with van der Waals surface area (Å²) < 4.78 is 4.80. The van der Waals surface area contributed by atoms with E-state index in [4.69, 9.17) is 0 Å². The van der Waals surface area contributed by atoms with Crippen molar-refractivity contribution in [3.8, 4) is 10.6 Å². The molecule has 1 aliphatic rings. The van der Waals surface area contributed by atoms with Gasteiger partial charge in [-0.1, -0.05) is 0 Å². The van der Waals surface area contributed by atoms with Crippen LogP contribution in [0.1, 0.15) is 12.8 Å². The zero-order chi connectivity index (χ0) is 11.7. The zero-order valence-electron chi connectivity index (χ0n) is 9.27. The van der Waals surface area contributed by atoms with Gasteiger partial charge >= 0.3 is 0 Å². The Labute approximate surface area is 113 Å². The van der Waals surface area contributed by atoms with Gasteiger partial charge in [0.15, 0.2) is 0 Å². The minimum Gasteiger partial charge on any atom is -0.372 e. The molecule has 0 radical (unpaired) electrons. The van der Waals surface area contributed by atoms with Crippen LogP contribution in [0.5, 0.6) is 0 Å². The molecular weight excluding hydrogens is 298 g/mol. The van der Waals surface area contributed by atoms with Gasteiger partial charge in [-0.3, -0.25) is 0 Å². The van der Waals surface area contributed by atoms with E-state index < -0.39 is 0 Å². The summed E-state index contributed by atoms with van der Waals surface area (Å²) in [4.78, 5) is 6.75. The third-order valence-electron chi connectivity index (χ3n) is 2.99. The van der Waals surface area contributed by atoms with E-state index in [1.807, 2.05) is 0 Å². The largest absolute Gasteiger partial charge is 0.372 e. The van der Waals surface area contributed by atoms with Crippen LogP contribution >= 0.6 is 27.5 Å². The van der Waals surface area contributed by atoms with E-state index in [0.29, 0.717) is 4.73 Å². The predicted molar refractivity (Wildman–Crippen MR) is 74.5 cm³/mol. The molecule has 0 unspecified atom stereocenters. The van der Waals surface area contributed by atoms with Crippen molar-refractivity contribution in [1.29, 1.82) is 0 Å². The van der Waals surface area contributed by atoms with Gasteiger partial charge in [-0.15, -0.1) is 0 Å². The smallest absolute Gasteiger partial charge is 0.209 e. The molecule has 2 aromatic rings. The third-order valence-corrected chi connectivity index (χ3v) is 4.34. The molecule has 0 spiro atoms. The minimum atomic E-state index is 0.668. The first kappa shape index (κ1) is 11.2. The van der Waals surface area contributed by atoms with Gasteiger partial charge in [-0.05, 0) is 64.6 Å². The monoisotopic (exact) mass is 309 g/mol. The second-order valence-corrected chi connectivity index (χ2v) is 5.57. The quantitative estimate of drug-likeness (QED) is 0.849. The first-order chi connectivity index (χ1) is 8.33. The highest BCUT2D eigenvalue weighted by Crippen LogP contribution is 2.27. The molecule has 0 amide bonds. The van der Waals surface area contributed by atoms with Crippen LogP contribution in [-0.2, 0) is 0 Å². The zero-order valence-corrected chi connectivity index (χ0v) is 11.7. The van der Waals surface area contributed by atoms with Crippen LogP contribution in [-0.4, -0.2) is 22.4 Å². The summed E-state index contributed by atoms with van der Waals surface area (Å²) in [5.41, 5.74) is 2.45. The van der Waals surface area contributed by atoms with Crippen molar-refractivity contribution < 1.29 is 0 Å². The van der Waals surface area contributed by atoms with Gasteiger partial charge in [-0.25, -0.2) is 4.98 Å². The first-order valence-electron chi connectivity index (χ1n) is 5.67. The van der Waals surface area contributed by atoms with Crippen molar-refractivity contribution in [2.75, 3.05) is 18.0 Å². The molecule has 3 nitrogen and oxygen atoms in total. The second kappa shape index (κ2) is 4.74. The van der Waals surface area contributed by atoms with Crippen LogP contribution < -0.4 is 4.90 Å². The lowest BCUT2D eigenvalue weighted by molar-refractivity contribution is 0.949. The molecule has 1 fully saturated rings. The molecule has 0 aliphatic carbocycles. The Balaban J connectivity index is 1.84. The number of hydrogen-bond acceptors (Lipinski definition) is 4. The normalized spacial score (nSPS) is 15.5. The van der Waals surface area contributed by atoms with Crippen molar-refractivity contribution in [3.63, 3.8) is 0 Å². The van der Waals surface area contributed by atoms with Crippen molar-refractivity contribution in [2.24, 2.45) is 0 Å². The molecule has 0 bridgehead atoms. The number of nitrogens with zero attached hydrogens (tertiary/aromatic N) is 3. The Morgan fingerprint density at radius 1 is 1.12 bits per heavy atom. The minimum absolute atomic E-state index is 0.668. The average molecular weight is 310 g/mol. The summed E-state index contributed by atoms with van der Waals surface area (Å²) in [6, 6.07) is 8.60. The Bertz CT molecular complexity index is 503. The molecular formula is C12H12BrN3S. The van der Waals surface area contributed by atoms with E-state index in [0.717, 1.165) is 10.6 Å². The Hall–Kier alpha value is -0.940. The molecule has 1 aromatic carbocycles. The Morgan fingerprint density at radius 3 is 2.41 bits per heavy atom. The third kappa shape index (κ3) is 2.35. The van der Waals surface area contributed by atoms with Crippen LogP contribution in [0, 0.1) is 0 Å². The van der Waals surface area contributed by atoms with Crippen LogP contribution in [0.3, 0.4) is 0 Å². The van der Waals surface area contributed by atoms with E-state index in [1.54, 1.807) is 0 Å². The number of aromatic nitrogens is 2. The average Bonchev–Trinajstić information content (AvgIpc) is 3.00. The lowest BCUT2D eigenvalue weighted by Gasteiger charge is -2.17. The lowest BCUT2D eigenvalue weighted by atomic mass is 10.2. The van der Waals surface area contributed by atoms with Crippen molar-refractivity contribution in [3.05, 3.63) is 29.0 Å². The van der Waals surface area contributed by atoms with E-state index in [-0.39, 0.29) is 0 Å². The van der Waals surface area contributed by atoms with Crippen molar-refractivity contribution >= 4 is 33.1 Å². The second-order valence-electron chi connectivity index (χ2n) is 4.11. The fourth-order valence-electron chi connectivity index (χ4n) is 2.11. The number of benzene rings is 1. The van der Waals surface area contributed by atoms with Crippen LogP contribution in [0.4, 0.5) is 5.69 Å². The van der Waals surface area contributed by atoms with Gasteiger partial charge in [0.05, 0.1) is 0 Å². The molecule has 5 heteroatoms. The fourth-order valence-corrected chi connectivity index (χ4v) is 3.20. The standard InChI is InChI=1S/C12H12BrN3S/c13-12-14-11(17-15-12)9-3-5-10(6-4-9)16-7-1-2-8-16/h3-6H,1-2,7-8H2. The molecule has 0 N–H and O–H groups in total. The summed E-state index contributed by atoms with van der Waals surface area (Å²) in [6.07, 6.45) is 2.62. The van der Waals surface area contributed by atoms with Gasteiger partial charge in [0.1, 0.15) is 5.01 Å². The maximum atomic E-state index is 4.32. The number of halogens is 1. The number of rotatable bonds is 2. The van der Waals surface area contributed by atoms with Crippen LogP contribution in [0.2, 0.25) is 0 Å². The van der Waals surface area contributed by atoms with E-state index in [9.17, 15) is 0 Å². The van der Waals surface area contributed by atoms with Crippen LogP contribution in [0.25, 0.3) is 10.6 Å². The van der Waals surface area contributed by atoms with Crippen molar-refractivity contribution in [2.45, 2.75) is 12.8 Å². The highest BCUT2D eigenvalue weighted by molar-refractivity contribution is 9.10. The van der Waals surface area contributed by atoms with Crippen molar-refractivity contribution in [1.82, 2.24) is 9.36 Å². The summed E-state index contributed by atoms with van der Waals surface area (Å²) in [7, 11) is 0.